The van der Waals surface area contributed by atoms with Crippen molar-refractivity contribution in [1.82, 2.24) is 0 Å². The van der Waals surface area contributed by atoms with Crippen molar-refractivity contribution in [2.75, 3.05) is 0 Å². The van der Waals surface area contributed by atoms with E-state index in [1.807, 2.05) is 0 Å². The van der Waals surface area contributed by atoms with E-state index in [4.69, 9.17) is 9.47 Å². The van der Waals surface area contributed by atoms with Gasteiger partial charge in [-0.3, -0.25) is 4.79 Å². The molecule has 0 bridgehead atoms. The maximum atomic E-state index is 14.5. The number of aliphatic hydroxyl groups excluding tert-OH is 1. The molecule has 1 N–H and O–H groups in total. The Morgan fingerprint density at radius 3 is 1.18 bits per heavy atom. The Balaban J connectivity index is 1.06. The standard InChI is InChI=1S/C35H54F6O4/c1-22-2-14-28(15-3-22)44-29-16-4-23(5-17-29)32(43)24-6-18-30(19-7-24)45-31-20-10-26(11-21-31)33(34(36,37)38,35(39,40)41)25-8-12-27(42)13-9-25/h22-31,42H,2-21H2,1H3. The summed E-state index contributed by atoms with van der Waals surface area (Å²) >= 11 is 0. The highest BCUT2D eigenvalue weighted by molar-refractivity contribution is 5.83. The van der Waals surface area contributed by atoms with Crippen LogP contribution in [0.4, 0.5) is 26.3 Å². The molecular weight excluding hydrogens is 598 g/mol. The quantitative estimate of drug-likeness (QED) is 0.266. The maximum absolute atomic E-state index is 14.5. The maximum Gasteiger partial charge on any atom is 0.403 e. The van der Waals surface area contributed by atoms with Gasteiger partial charge >= 0.3 is 12.4 Å². The first-order valence-electron chi connectivity index (χ1n) is 17.9. The van der Waals surface area contributed by atoms with Crippen LogP contribution in [-0.4, -0.2) is 53.8 Å². The highest BCUT2D eigenvalue weighted by Crippen LogP contribution is 2.64. The summed E-state index contributed by atoms with van der Waals surface area (Å²) in [7, 11) is 0. The zero-order valence-electron chi connectivity index (χ0n) is 26.9. The normalized spacial score (nSPS) is 39.4. The summed E-state index contributed by atoms with van der Waals surface area (Å²) in [5.41, 5.74) is -3.75. The van der Waals surface area contributed by atoms with Crippen molar-refractivity contribution < 1.29 is 45.7 Å². The van der Waals surface area contributed by atoms with Crippen molar-refractivity contribution in [2.45, 2.75) is 178 Å². The van der Waals surface area contributed by atoms with Crippen LogP contribution in [0.5, 0.6) is 0 Å². The van der Waals surface area contributed by atoms with E-state index in [9.17, 15) is 36.2 Å². The van der Waals surface area contributed by atoms with Crippen LogP contribution in [-0.2, 0) is 14.3 Å². The molecule has 0 saturated heterocycles. The summed E-state index contributed by atoms with van der Waals surface area (Å²) in [5.74, 6) is -1.87. The molecule has 0 radical (unpaired) electrons. The molecule has 5 aliphatic rings. The molecule has 0 spiro atoms. The average Bonchev–Trinajstić information content (AvgIpc) is 2.99. The molecule has 260 valence electrons. The largest absolute Gasteiger partial charge is 0.403 e. The average molecular weight is 653 g/mol. The molecule has 0 aromatic rings. The van der Waals surface area contributed by atoms with Crippen molar-refractivity contribution in [1.29, 1.82) is 0 Å². The van der Waals surface area contributed by atoms with E-state index in [0.717, 1.165) is 57.3 Å². The smallest absolute Gasteiger partial charge is 0.393 e. The third-order valence-electron chi connectivity index (χ3n) is 12.5. The highest BCUT2D eigenvalue weighted by atomic mass is 19.4. The summed E-state index contributed by atoms with van der Waals surface area (Å²) in [5, 5.41) is 9.78. The van der Waals surface area contributed by atoms with Crippen molar-refractivity contribution in [3.8, 4) is 0 Å². The molecule has 0 aliphatic heterocycles. The topological polar surface area (TPSA) is 55.8 Å². The summed E-state index contributed by atoms with van der Waals surface area (Å²) in [6, 6.07) is 0. The number of ether oxygens (including phenoxy) is 2. The number of hydrogen-bond acceptors (Lipinski definition) is 4. The van der Waals surface area contributed by atoms with Gasteiger partial charge in [-0.05, 0) is 146 Å². The van der Waals surface area contributed by atoms with Gasteiger partial charge in [0.15, 0.2) is 5.41 Å². The van der Waals surface area contributed by atoms with Crippen LogP contribution in [0.15, 0.2) is 0 Å². The summed E-state index contributed by atoms with van der Waals surface area (Å²) < 4.78 is 99.8. The third-order valence-corrected chi connectivity index (χ3v) is 12.5. The zero-order chi connectivity index (χ0) is 32.4. The van der Waals surface area contributed by atoms with Gasteiger partial charge in [0.05, 0.1) is 30.5 Å². The summed E-state index contributed by atoms with van der Waals surface area (Å²) in [4.78, 5) is 13.3. The summed E-state index contributed by atoms with van der Waals surface area (Å²) in [6.07, 6.45) is -0.836. The van der Waals surface area contributed by atoms with Gasteiger partial charge in [-0.15, -0.1) is 0 Å². The van der Waals surface area contributed by atoms with E-state index < -0.39 is 35.7 Å². The highest BCUT2D eigenvalue weighted by Gasteiger charge is 2.76. The molecule has 0 atom stereocenters. The number of hydrogen-bond donors (Lipinski definition) is 1. The SMILES string of the molecule is CC1CCC(OC2CCC(C(=O)C3CCC(OC4CCC(C(C5CCC(O)CC5)(C(F)(F)F)C(F)(F)F)CC4)CC3)CC2)CC1. The Morgan fingerprint density at radius 2 is 0.822 bits per heavy atom. The monoisotopic (exact) mass is 652 g/mol. The number of halogens is 6. The number of Topliss-reactive ketones (excluding diaryl/α,β-unsaturated/α-hetero) is 1. The van der Waals surface area contributed by atoms with E-state index in [1.165, 1.54) is 12.8 Å². The molecule has 0 aromatic carbocycles. The number of alkyl halides is 6. The number of carbonyl (C=O) groups excluding carboxylic acids is 1. The molecule has 5 fully saturated rings. The van der Waals surface area contributed by atoms with E-state index in [0.29, 0.717) is 24.7 Å². The summed E-state index contributed by atoms with van der Waals surface area (Å²) in [6.45, 7) is 2.30. The van der Waals surface area contributed by atoms with E-state index in [-0.39, 0.29) is 81.5 Å². The van der Waals surface area contributed by atoms with Crippen LogP contribution in [0, 0.1) is 35.0 Å². The second-order valence-electron chi connectivity index (χ2n) is 15.3. The first-order valence-corrected chi connectivity index (χ1v) is 17.9. The predicted molar refractivity (Wildman–Crippen MR) is 158 cm³/mol. The van der Waals surface area contributed by atoms with Gasteiger partial charge in [0.2, 0.25) is 0 Å². The molecule has 0 aromatic heterocycles. The molecular formula is C35H54F6O4. The minimum Gasteiger partial charge on any atom is -0.393 e. The van der Waals surface area contributed by atoms with Crippen LogP contribution >= 0.6 is 0 Å². The Kier molecular flexibility index (Phi) is 11.6. The lowest BCUT2D eigenvalue weighted by Crippen LogP contribution is -2.60. The van der Waals surface area contributed by atoms with Crippen molar-refractivity contribution in [3.63, 3.8) is 0 Å². The Morgan fingerprint density at radius 1 is 0.511 bits per heavy atom. The Bertz CT molecular complexity index is 915. The van der Waals surface area contributed by atoms with Gasteiger partial charge in [0, 0.05) is 11.8 Å². The fourth-order valence-corrected chi connectivity index (χ4v) is 9.82. The first-order chi connectivity index (χ1) is 21.3. The van der Waals surface area contributed by atoms with Crippen LogP contribution in [0.25, 0.3) is 0 Å². The number of rotatable bonds is 8. The van der Waals surface area contributed by atoms with E-state index >= 15 is 0 Å². The van der Waals surface area contributed by atoms with Gasteiger partial charge in [-0.1, -0.05) is 6.92 Å². The van der Waals surface area contributed by atoms with Gasteiger partial charge in [0.1, 0.15) is 5.78 Å². The Hall–Kier alpha value is -0.870. The van der Waals surface area contributed by atoms with Crippen molar-refractivity contribution in [3.05, 3.63) is 0 Å². The second-order valence-corrected chi connectivity index (χ2v) is 15.3. The number of carbonyl (C=O) groups is 1. The molecule has 5 aliphatic carbocycles. The second kappa shape index (κ2) is 14.7. The minimum atomic E-state index is -5.41. The van der Waals surface area contributed by atoms with Crippen LogP contribution in [0.1, 0.15) is 135 Å². The Labute approximate surface area is 264 Å². The lowest BCUT2D eigenvalue weighted by molar-refractivity contribution is -0.383. The molecule has 4 nitrogen and oxygen atoms in total. The third kappa shape index (κ3) is 8.06. The lowest BCUT2D eigenvalue weighted by Gasteiger charge is -2.51. The molecule has 5 rings (SSSR count). The van der Waals surface area contributed by atoms with Crippen molar-refractivity contribution in [2.24, 2.45) is 35.0 Å². The van der Waals surface area contributed by atoms with Gasteiger partial charge in [0.25, 0.3) is 0 Å². The molecule has 0 heterocycles. The van der Waals surface area contributed by atoms with E-state index in [1.54, 1.807) is 0 Å². The molecule has 10 heteroatoms. The van der Waals surface area contributed by atoms with E-state index in [2.05, 4.69) is 6.92 Å². The van der Waals surface area contributed by atoms with Gasteiger partial charge in [-0.2, -0.15) is 26.3 Å². The van der Waals surface area contributed by atoms with Gasteiger partial charge < -0.3 is 14.6 Å². The molecule has 5 saturated carbocycles. The molecule has 45 heavy (non-hydrogen) atoms. The van der Waals surface area contributed by atoms with Crippen LogP contribution in [0.3, 0.4) is 0 Å². The predicted octanol–water partition coefficient (Wildman–Crippen LogP) is 9.51. The number of aliphatic hydroxyl groups is 1. The lowest BCUT2D eigenvalue weighted by atomic mass is 9.57. The zero-order valence-corrected chi connectivity index (χ0v) is 26.9. The molecule has 0 amide bonds. The fraction of sp³-hybridized carbons (Fsp3) is 0.971. The fourth-order valence-electron chi connectivity index (χ4n) is 9.82. The van der Waals surface area contributed by atoms with Crippen LogP contribution in [0.2, 0.25) is 0 Å². The number of ketones is 1. The minimum absolute atomic E-state index is 0.0103. The molecule has 0 unspecified atom stereocenters. The van der Waals surface area contributed by atoms with Crippen molar-refractivity contribution >= 4 is 5.78 Å². The first kappa shape index (κ1) is 35.4. The van der Waals surface area contributed by atoms with Gasteiger partial charge in [-0.25, -0.2) is 0 Å². The van der Waals surface area contributed by atoms with Crippen LogP contribution < -0.4 is 0 Å².